The summed E-state index contributed by atoms with van der Waals surface area (Å²) in [4.78, 5) is 31.7. The first-order valence-electron chi connectivity index (χ1n) is 14.4. The molecule has 10 nitrogen and oxygen atoms in total. The van der Waals surface area contributed by atoms with Crippen LogP contribution in [0.5, 0.6) is 0 Å². The molecule has 1 saturated heterocycles. The quantitative estimate of drug-likeness (QED) is 0.305. The molecule has 1 saturated carbocycles. The van der Waals surface area contributed by atoms with Crippen molar-refractivity contribution >= 4 is 17.1 Å². The second kappa shape index (κ2) is 10.9. The van der Waals surface area contributed by atoms with Gasteiger partial charge in [0.15, 0.2) is 5.65 Å². The number of benzene rings is 2. The van der Waals surface area contributed by atoms with E-state index in [0.717, 1.165) is 35.2 Å². The minimum Gasteiger partial charge on any atom is -0.377 e. The summed E-state index contributed by atoms with van der Waals surface area (Å²) < 4.78 is 13.1. The van der Waals surface area contributed by atoms with Gasteiger partial charge in [-0.25, -0.2) is 14.8 Å². The molecule has 7 rings (SSSR count). The molecule has 10 heteroatoms. The predicted molar refractivity (Wildman–Crippen MR) is 155 cm³/mol. The Morgan fingerprint density at radius 2 is 1.71 bits per heavy atom. The lowest BCUT2D eigenvalue weighted by Crippen LogP contribution is -2.41. The van der Waals surface area contributed by atoms with Crippen molar-refractivity contribution in [3.8, 4) is 22.9 Å². The Morgan fingerprint density at radius 3 is 2.44 bits per heavy atom. The first kappa shape index (κ1) is 25.6. The molecule has 0 spiro atoms. The minimum absolute atomic E-state index is 0.0198. The Hall–Kier alpha value is -4.31. The summed E-state index contributed by atoms with van der Waals surface area (Å²) in [5, 5.41) is 3.87. The molecule has 41 heavy (non-hydrogen) atoms. The van der Waals surface area contributed by atoms with Crippen LogP contribution in [-0.2, 0) is 11.3 Å². The van der Waals surface area contributed by atoms with Crippen molar-refractivity contribution < 1.29 is 9.26 Å². The third-order valence-electron chi connectivity index (χ3n) is 8.43. The molecule has 0 unspecified atom stereocenters. The van der Waals surface area contributed by atoms with Gasteiger partial charge in [-0.3, -0.25) is 9.51 Å². The standard InChI is InChI=1S/C31H33N7O3/c1-20-12-14-21(15-13-20)18-38-26-25(23-10-6-3-7-11-23)32-28(29-35-31(39)41-36-29)33-27(26)34-30(38)37-16-17-40-19-24(37)22-8-4-2-5-9-22/h2-11,20-21,24H,12-19H2,1H3,(H,35,36,39)/t20?,21?,24-/m0/s1. The van der Waals surface area contributed by atoms with E-state index in [-0.39, 0.29) is 17.7 Å². The number of morpholine rings is 1. The lowest BCUT2D eigenvalue weighted by Gasteiger charge is -2.37. The number of aromatic nitrogens is 6. The van der Waals surface area contributed by atoms with E-state index in [0.29, 0.717) is 31.3 Å². The van der Waals surface area contributed by atoms with E-state index < -0.39 is 5.76 Å². The Morgan fingerprint density at radius 1 is 0.951 bits per heavy atom. The van der Waals surface area contributed by atoms with Gasteiger partial charge in [0.1, 0.15) is 11.2 Å². The van der Waals surface area contributed by atoms with Crippen LogP contribution in [0.2, 0.25) is 0 Å². The van der Waals surface area contributed by atoms with Gasteiger partial charge in [0, 0.05) is 18.7 Å². The summed E-state index contributed by atoms with van der Waals surface area (Å²) in [5.74, 6) is 1.97. The van der Waals surface area contributed by atoms with Crippen molar-refractivity contribution in [2.24, 2.45) is 11.8 Å². The largest absolute Gasteiger partial charge is 0.439 e. The van der Waals surface area contributed by atoms with Gasteiger partial charge in [-0.15, -0.1) is 0 Å². The molecular formula is C31H33N7O3. The van der Waals surface area contributed by atoms with E-state index in [4.69, 9.17) is 24.2 Å². The summed E-state index contributed by atoms with van der Waals surface area (Å²) in [6, 6.07) is 20.6. The Kier molecular flexibility index (Phi) is 6.84. The van der Waals surface area contributed by atoms with Gasteiger partial charge in [-0.05, 0) is 30.2 Å². The van der Waals surface area contributed by atoms with Crippen molar-refractivity contribution in [1.29, 1.82) is 0 Å². The van der Waals surface area contributed by atoms with Crippen molar-refractivity contribution in [2.75, 3.05) is 24.7 Å². The van der Waals surface area contributed by atoms with E-state index in [1.165, 1.54) is 31.2 Å². The van der Waals surface area contributed by atoms with E-state index in [9.17, 15) is 4.79 Å². The Balaban J connectivity index is 1.44. The number of hydrogen-bond donors (Lipinski definition) is 1. The fourth-order valence-corrected chi connectivity index (χ4v) is 6.21. The minimum atomic E-state index is -0.651. The summed E-state index contributed by atoms with van der Waals surface area (Å²) in [6.07, 6.45) is 4.85. The number of ether oxygens (including phenoxy) is 1. The zero-order valence-electron chi connectivity index (χ0n) is 23.1. The van der Waals surface area contributed by atoms with Crippen molar-refractivity contribution in [1.82, 2.24) is 29.7 Å². The van der Waals surface area contributed by atoms with Crippen LogP contribution in [0.25, 0.3) is 34.1 Å². The van der Waals surface area contributed by atoms with Crippen LogP contribution < -0.4 is 10.7 Å². The maximum Gasteiger partial charge on any atom is 0.439 e. The Labute approximate surface area is 237 Å². The summed E-state index contributed by atoms with van der Waals surface area (Å²) in [5.41, 5.74) is 4.33. The van der Waals surface area contributed by atoms with Crippen LogP contribution in [0.1, 0.15) is 44.2 Å². The highest BCUT2D eigenvalue weighted by Crippen LogP contribution is 2.38. The monoisotopic (exact) mass is 551 g/mol. The molecule has 1 aliphatic heterocycles. The Bertz CT molecular complexity index is 1690. The maximum atomic E-state index is 11.8. The van der Waals surface area contributed by atoms with Gasteiger partial charge in [-0.1, -0.05) is 85.6 Å². The molecule has 0 amide bonds. The summed E-state index contributed by atoms with van der Waals surface area (Å²) in [7, 11) is 0. The molecule has 3 aromatic heterocycles. The number of nitrogens with one attached hydrogen (secondary N) is 1. The van der Waals surface area contributed by atoms with Gasteiger partial charge in [-0.2, -0.15) is 4.98 Å². The van der Waals surface area contributed by atoms with Crippen LogP contribution in [0.15, 0.2) is 70.0 Å². The van der Waals surface area contributed by atoms with Crippen LogP contribution >= 0.6 is 0 Å². The smallest absolute Gasteiger partial charge is 0.377 e. The first-order valence-corrected chi connectivity index (χ1v) is 14.4. The second-order valence-electron chi connectivity index (χ2n) is 11.2. The van der Waals surface area contributed by atoms with E-state index >= 15 is 0 Å². The molecule has 210 valence electrons. The highest BCUT2D eigenvalue weighted by molar-refractivity contribution is 5.91. The molecular weight excluding hydrogens is 518 g/mol. The van der Waals surface area contributed by atoms with E-state index in [2.05, 4.69) is 50.8 Å². The van der Waals surface area contributed by atoms with Crippen LogP contribution in [-0.4, -0.2) is 49.4 Å². The molecule has 1 aliphatic carbocycles. The molecule has 5 aromatic rings. The number of aromatic amines is 1. The van der Waals surface area contributed by atoms with Gasteiger partial charge in [0.05, 0.1) is 19.3 Å². The second-order valence-corrected chi connectivity index (χ2v) is 11.2. The number of nitrogens with zero attached hydrogens (tertiary/aromatic N) is 6. The van der Waals surface area contributed by atoms with Gasteiger partial charge >= 0.3 is 5.76 Å². The molecule has 1 atom stereocenters. The molecule has 2 fully saturated rings. The van der Waals surface area contributed by atoms with E-state index in [1.54, 1.807) is 0 Å². The molecule has 0 bridgehead atoms. The third-order valence-corrected chi connectivity index (χ3v) is 8.43. The molecule has 2 aromatic carbocycles. The fourth-order valence-electron chi connectivity index (χ4n) is 6.21. The summed E-state index contributed by atoms with van der Waals surface area (Å²) in [6.45, 7) is 5.10. The van der Waals surface area contributed by atoms with Crippen LogP contribution in [0.4, 0.5) is 5.95 Å². The number of fused-ring (bicyclic) bond motifs is 1. The number of H-pyrrole nitrogens is 1. The number of rotatable bonds is 6. The third kappa shape index (κ3) is 5.04. The summed E-state index contributed by atoms with van der Waals surface area (Å²) >= 11 is 0. The number of hydrogen-bond acceptors (Lipinski definition) is 8. The number of imidazole rings is 1. The maximum absolute atomic E-state index is 11.8. The van der Waals surface area contributed by atoms with Crippen molar-refractivity contribution in [2.45, 2.75) is 45.2 Å². The van der Waals surface area contributed by atoms with Crippen LogP contribution in [0.3, 0.4) is 0 Å². The SMILES string of the molecule is CC1CCC(Cn2c(N3CCOC[C@H]3c3ccccc3)nc3nc(-c4noc(=O)[nH]4)nc(-c4ccccc4)c32)CC1. The molecule has 2 aliphatic rings. The average Bonchev–Trinajstić information content (AvgIpc) is 3.62. The zero-order chi connectivity index (χ0) is 27.8. The lowest BCUT2D eigenvalue weighted by molar-refractivity contribution is 0.0927. The molecule has 0 radical (unpaired) electrons. The fraction of sp³-hybridized carbons (Fsp3) is 0.387. The lowest BCUT2D eigenvalue weighted by atomic mass is 9.83. The molecule has 1 N–H and O–H groups in total. The van der Waals surface area contributed by atoms with Gasteiger partial charge in [0.25, 0.3) is 0 Å². The highest BCUT2D eigenvalue weighted by Gasteiger charge is 2.32. The van der Waals surface area contributed by atoms with E-state index in [1.807, 2.05) is 36.4 Å². The first-order chi connectivity index (χ1) is 20.1. The van der Waals surface area contributed by atoms with Crippen molar-refractivity contribution in [3.05, 3.63) is 76.8 Å². The van der Waals surface area contributed by atoms with Crippen LogP contribution in [0, 0.1) is 11.8 Å². The average molecular weight is 552 g/mol. The topological polar surface area (TPSA) is 115 Å². The molecule has 4 heterocycles. The highest BCUT2D eigenvalue weighted by atomic mass is 16.5. The zero-order valence-corrected chi connectivity index (χ0v) is 23.1. The van der Waals surface area contributed by atoms with Crippen molar-refractivity contribution in [3.63, 3.8) is 0 Å². The number of anilines is 1. The van der Waals surface area contributed by atoms with Gasteiger partial charge < -0.3 is 14.2 Å². The van der Waals surface area contributed by atoms with Gasteiger partial charge in [0.2, 0.25) is 17.6 Å². The predicted octanol–water partition coefficient (Wildman–Crippen LogP) is 5.24. The normalized spacial score (nSPS) is 21.4.